The van der Waals surface area contributed by atoms with Gasteiger partial charge in [0, 0.05) is 11.1 Å². The van der Waals surface area contributed by atoms with Crippen molar-refractivity contribution in [1.29, 1.82) is 0 Å². The molecule has 0 bridgehead atoms. The van der Waals surface area contributed by atoms with Crippen LogP contribution in [0.25, 0.3) is 0 Å². The molecule has 0 aromatic heterocycles. The smallest absolute Gasteiger partial charge is 0.288 e. The highest BCUT2D eigenvalue weighted by molar-refractivity contribution is 6.32. The van der Waals surface area contributed by atoms with E-state index in [-0.39, 0.29) is 17.3 Å². The number of ether oxygens (including phenoxy) is 1. The summed E-state index contributed by atoms with van der Waals surface area (Å²) >= 11 is 11.7. The summed E-state index contributed by atoms with van der Waals surface area (Å²) in [6.07, 6.45) is 0. The maximum atomic E-state index is 10.8. The number of benzene rings is 2. The van der Waals surface area contributed by atoms with E-state index in [1.165, 1.54) is 12.1 Å². The van der Waals surface area contributed by atoms with Gasteiger partial charge >= 0.3 is 0 Å². The summed E-state index contributed by atoms with van der Waals surface area (Å²) in [5, 5.41) is 11.5. The Bertz CT molecular complexity index is 632. The zero-order valence-electron chi connectivity index (χ0n) is 10.4. The SMILES string of the molecule is O=[N+]([O-])c1cc(COCc2ccccc2Cl)ccc1Cl. The second-order valence-corrected chi connectivity index (χ2v) is 4.94. The molecule has 0 aliphatic carbocycles. The van der Waals surface area contributed by atoms with E-state index in [4.69, 9.17) is 27.9 Å². The lowest BCUT2D eigenvalue weighted by Crippen LogP contribution is -1.96. The average Bonchev–Trinajstić information content (AvgIpc) is 2.42. The summed E-state index contributed by atoms with van der Waals surface area (Å²) in [6.45, 7) is 0.597. The molecule has 104 valence electrons. The normalized spacial score (nSPS) is 10.5. The van der Waals surface area contributed by atoms with Crippen LogP contribution in [0, 0.1) is 10.1 Å². The Labute approximate surface area is 126 Å². The monoisotopic (exact) mass is 311 g/mol. The van der Waals surface area contributed by atoms with Gasteiger partial charge in [0.25, 0.3) is 5.69 Å². The number of nitro groups is 1. The van der Waals surface area contributed by atoms with Gasteiger partial charge in [-0.2, -0.15) is 0 Å². The summed E-state index contributed by atoms with van der Waals surface area (Å²) in [5.41, 5.74) is 1.44. The van der Waals surface area contributed by atoms with Crippen LogP contribution in [0.2, 0.25) is 10.0 Å². The topological polar surface area (TPSA) is 52.4 Å². The Morgan fingerprint density at radius 2 is 1.80 bits per heavy atom. The van der Waals surface area contributed by atoms with Gasteiger partial charge in [-0.25, -0.2) is 0 Å². The first kappa shape index (κ1) is 14.8. The van der Waals surface area contributed by atoms with Gasteiger partial charge in [-0.3, -0.25) is 10.1 Å². The van der Waals surface area contributed by atoms with Crippen LogP contribution in [0.1, 0.15) is 11.1 Å². The summed E-state index contributed by atoms with van der Waals surface area (Å²) in [6, 6.07) is 12.0. The number of nitrogens with zero attached hydrogens (tertiary/aromatic N) is 1. The molecular formula is C14H11Cl2NO3. The van der Waals surface area contributed by atoms with Crippen LogP contribution in [-0.4, -0.2) is 4.92 Å². The summed E-state index contributed by atoms with van der Waals surface area (Å²) in [5.74, 6) is 0. The predicted octanol–water partition coefficient (Wildman–Crippen LogP) is 4.62. The van der Waals surface area contributed by atoms with Gasteiger partial charge in [0.15, 0.2) is 0 Å². The Balaban J connectivity index is 2.00. The van der Waals surface area contributed by atoms with Crippen LogP contribution in [-0.2, 0) is 18.0 Å². The molecular weight excluding hydrogens is 301 g/mol. The van der Waals surface area contributed by atoms with Crippen molar-refractivity contribution >= 4 is 28.9 Å². The molecule has 0 fully saturated rings. The number of rotatable bonds is 5. The van der Waals surface area contributed by atoms with E-state index in [0.29, 0.717) is 17.2 Å². The fourth-order valence-corrected chi connectivity index (χ4v) is 2.06. The van der Waals surface area contributed by atoms with E-state index in [0.717, 1.165) is 5.56 Å². The van der Waals surface area contributed by atoms with E-state index in [1.54, 1.807) is 12.1 Å². The minimum atomic E-state index is -0.514. The molecule has 0 saturated carbocycles. The number of hydrogen-bond donors (Lipinski definition) is 0. The molecule has 4 nitrogen and oxygen atoms in total. The Morgan fingerprint density at radius 1 is 1.05 bits per heavy atom. The van der Waals surface area contributed by atoms with E-state index >= 15 is 0 Å². The molecule has 0 amide bonds. The second kappa shape index (κ2) is 6.70. The van der Waals surface area contributed by atoms with Crippen molar-refractivity contribution in [1.82, 2.24) is 0 Å². The first-order valence-electron chi connectivity index (χ1n) is 5.82. The van der Waals surface area contributed by atoms with E-state index in [2.05, 4.69) is 0 Å². The minimum Gasteiger partial charge on any atom is -0.372 e. The third kappa shape index (κ3) is 3.70. The minimum absolute atomic E-state index is 0.116. The molecule has 0 aliphatic rings. The molecule has 0 radical (unpaired) electrons. The van der Waals surface area contributed by atoms with Crippen LogP contribution in [0.15, 0.2) is 42.5 Å². The molecule has 20 heavy (non-hydrogen) atoms. The predicted molar refractivity (Wildman–Crippen MR) is 78.1 cm³/mol. The quantitative estimate of drug-likeness (QED) is 0.598. The van der Waals surface area contributed by atoms with Gasteiger partial charge in [0.2, 0.25) is 0 Å². The fraction of sp³-hybridized carbons (Fsp3) is 0.143. The van der Waals surface area contributed by atoms with Gasteiger partial charge in [0.05, 0.1) is 18.1 Å². The van der Waals surface area contributed by atoms with Gasteiger partial charge in [-0.05, 0) is 23.3 Å². The molecule has 0 spiro atoms. The average molecular weight is 312 g/mol. The molecule has 0 N–H and O–H groups in total. The largest absolute Gasteiger partial charge is 0.372 e. The van der Waals surface area contributed by atoms with E-state index in [1.807, 2.05) is 18.2 Å². The first-order chi connectivity index (χ1) is 9.58. The molecule has 0 unspecified atom stereocenters. The van der Waals surface area contributed by atoms with E-state index in [9.17, 15) is 10.1 Å². The van der Waals surface area contributed by atoms with Gasteiger partial charge < -0.3 is 4.74 Å². The molecule has 0 heterocycles. The van der Waals surface area contributed by atoms with Crippen molar-refractivity contribution in [2.75, 3.05) is 0 Å². The van der Waals surface area contributed by atoms with Crippen molar-refractivity contribution in [3.8, 4) is 0 Å². The van der Waals surface area contributed by atoms with Crippen LogP contribution < -0.4 is 0 Å². The van der Waals surface area contributed by atoms with Crippen LogP contribution in [0.5, 0.6) is 0 Å². The Kier molecular flexibility index (Phi) is 4.95. The highest BCUT2D eigenvalue weighted by atomic mass is 35.5. The number of halogens is 2. The molecule has 0 atom stereocenters. The highest BCUT2D eigenvalue weighted by Crippen LogP contribution is 2.25. The third-order valence-corrected chi connectivity index (χ3v) is 3.38. The van der Waals surface area contributed by atoms with Crippen molar-refractivity contribution in [2.24, 2.45) is 0 Å². The first-order valence-corrected chi connectivity index (χ1v) is 6.57. The molecule has 6 heteroatoms. The van der Waals surface area contributed by atoms with Gasteiger partial charge in [-0.1, -0.05) is 47.5 Å². The summed E-state index contributed by atoms with van der Waals surface area (Å²) in [7, 11) is 0. The van der Waals surface area contributed by atoms with Crippen LogP contribution >= 0.6 is 23.2 Å². The lowest BCUT2D eigenvalue weighted by Gasteiger charge is -2.06. The Hall–Kier alpha value is -1.62. The van der Waals surface area contributed by atoms with Crippen LogP contribution in [0.4, 0.5) is 5.69 Å². The summed E-state index contributed by atoms with van der Waals surface area (Å²) in [4.78, 5) is 10.3. The zero-order chi connectivity index (χ0) is 14.5. The third-order valence-electron chi connectivity index (χ3n) is 2.69. The molecule has 0 aliphatic heterocycles. The molecule has 2 aromatic rings. The van der Waals surface area contributed by atoms with Crippen molar-refractivity contribution in [3.05, 3.63) is 73.8 Å². The highest BCUT2D eigenvalue weighted by Gasteiger charge is 2.12. The maximum Gasteiger partial charge on any atom is 0.288 e. The molecule has 0 saturated heterocycles. The summed E-state index contributed by atoms with van der Waals surface area (Å²) < 4.78 is 5.51. The lowest BCUT2D eigenvalue weighted by atomic mass is 10.2. The van der Waals surface area contributed by atoms with Gasteiger partial charge in [-0.15, -0.1) is 0 Å². The molecule has 2 aromatic carbocycles. The fourth-order valence-electron chi connectivity index (χ4n) is 1.68. The van der Waals surface area contributed by atoms with Crippen molar-refractivity contribution in [3.63, 3.8) is 0 Å². The standard InChI is InChI=1S/C14H11Cl2NO3/c15-12-4-2-1-3-11(12)9-20-8-10-5-6-13(16)14(7-10)17(18)19/h1-7H,8-9H2. The van der Waals surface area contributed by atoms with Crippen LogP contribution in [0.3, 0.4) is 0 Å². The zero-order valence-corrected chi connectivity index (χ0v) is 11.9. The maximum absolute atomic E-state index is 10.8. The lowest BCUT2D eigenvalue weighted by molar-refractivity contribution is -0.384. The van der Waals surface area contributed by atoms with Gasteiger partial charge in [0.1, 0.15) is 5.02 Å². The number of hydrogen-bond acceptors (Lipinski definition) is 3. The van der Waals surface area contributed by atoms with E-state index < -0.39 is 4.92 Å². The second-order valence-electron chi connectivity index (χ2n) is 4.13. The molecule has 2 rings (SSSR count). The number of nitro benzene ring substituents is 1. The Morgan fingerprint density at radius 3 is 2.50 bits per heavy atom. The van der Waals surface area contributed by atoms with Crippen molar-refractivity contribution in [2.45, 2.75) is 13.2 Å². The van der Waals surface area contributed by atoms with Crippen molar-refractivity contribution < 1.29 is 9.66 Å².